The number of aromatic nitrogens is 4. The van der Waals surface area contributed by atoms with Gasteiger partial charge in [-0.3, -0.25) is 4.57 Å². The minimum absolute atomic E-state index is 0.511. The fourth-order valence-electron chi connectivity index (χ4n) is 4.25. The van der Waals surface area contributed by atoms with Crippen molar-refractivity contribution in [2.45, 2.75) is 0 Å². The van der Waals surface area contributed by atoms with Crippen molar-refractivity contribution in [1.29, 1.82) is 0 Å². The Morgan fingerprint density at radius 1 is 0.658 bits per heavy atom. The lowest BCUT2D eigenvalue weighted by atomic mass is 10.1. The molecule has 0 amide bonds. The molecular weight excluding hydrogens is 508 g/mol. The van der Waals surface area contributed by atoms with Gasteiger partial charge in [0.1, 0.15) is 16.0 Å². The van der Waals surface area contributed by atoms with Gasteiger partial charge in [0.25, 0.3) is 0 Å². The minimum atomic E-state index is 0.511. The monoisotopic (exact) mass is 534 g/mol. The fraction of sp³-hybridized carbons (Fsp3) is 0.222. The first-order valence-corrected chi connectivity index (χ1v) is 12.3. The second-order valence-corrected chi connectivity index (χ2v) is 9.00. The number of thiazole rings is 1. The summed E-state index contributed by atoms with van der Waals surface area (Å²) in [6, 6.07) is 13.5. The van der Waals surface area contributed by atoms with Crippen LogP contribution in [0.15, 0.2) is 48.8 Å². The molecule has 0 N–H and O–H groups in total. The van der Waals surface area contributed by atoms with E-state index in [1.165, 1.54) is 11.3 Å². The molecule has 0 radical (unpaired) electrons. The number of ether oxygens (including phenoxy) is 6. The molecule has 0 atom stereocenters. The van der Waals surface area contributed by atoms with Crippen molar-refractivity contribution >= 4 is 21.6 Å². The zero-order valence-corrected chi connectivity index (χ0v) is 22.6. The van der Waals surface area contributed by atoms with Gasteiger partial charge in [0.15, 0.2) is 28.8 Å². The third kappa shape index (κ3) is 4.20. The Morgan fingerprint density at radius 2 is 1.26 bits per heavy atom. The highest BCUT2D eigenvalue weighted by Crippen LogP contribution is 2.47. The smallest absolute Gasteiger partial charge is 0.204 e. The molecule has 0 aliphatic carbocycles. The number of fused-ring (bicyclic) bond motifs is 1. The second kappa shape index (κ2) is 10.5. The molecule has 0 spiro atoms. The lowest BCUT2D eigenvalue weighted by Gasteiger charge is -2.14. The van der Waals surface area contributed by atoms with E-state index in [0.29, 0.717) is 40.3 Å². The molecule has 0 unspecified atom stereocenters. The zero-order chi connectivity index (χ0) is 26.8. The van der Waals surface area contributed by atoms with Gasteiger partial charge in [-0.1, -0.05) is 0 Å². The zero-order valence-electron chi connectivity index (χ0n) is 21.8. The maximum atomic E-state index is 5.63. The van der Waals surface area contributed by atoms with Gasteiger partial charge in [-0.05, 0) is 36.4 Å². The molecule has 5 aromatic rings. The summed E-state index contributed by atoms with van der Waals surface area (Å²) in [5.74, 6) is 3.91. The second-order valence-electron chi connectivity index (χ2n) is 8.00. The van der Waals surface area contributed by atoms with Crippen molar-refractivity contribution in [1.82, 2.24) is 19.7 Å². The molecule has 0 saturated carbocycles. The Kier molecular flexibility index (Phi) is 6.93. The number of nitrogens with zero attached hydrogens (tertiary/aromatic N) is 4. The van der Waals surface area contributed by atoms with Gasteiger partial charge in [0, 0.05) is 22.9 Å². The lowest BCUT2D eigenvalue weighted by Crippen LogP contribution is -1.99. The van der Waals surface area contributed by atoms with E-state index in [-0.39, 0.29) is 0 Å². The molecule has 2 heterocycles. The van der Waals surface area contributed by atoms with E-state index in [1.807, 2.05) is 47.0 Å². The van der Waals surface area contributed by atoms with Crippen LogP contribution in [0.4, 0.5) is 0 Å². The Hall–Kier alpha value is -4.51. The predicted molar refractivity (Wildman–Crippen MR) is 145 cm³/mol. The third-order valence-corrected chi connectivity index (χ3v) is 7.17. The summed E-state index contributed by atoms with van der Waals surface area (Å²) in [6.45, 7) is 0. The third-order valence-electron chi connectivity index (χ3n) is 6.05. The Labute approximate surface area is 223 Å². The maximum absolute atomic E-state index is 5.63. The molecule has 11 heteroatoms. The Bertz CT molecular complexity index is 1570. The molecule has 0 aliphatic rings. The van der Waals surface area contributed by atoms with E-state index in [0.717, 1.165) is 32.0 Å². The molecule has 3 aromatic carbocycles. The first kappa shape index (κ1) is 25.2. The van der Waals surface area contributed by atoms with Gasteiger partial charge in [-0.15, -0.1) is 21.5 Å². The molecule has 0 aliphatic heterocycles. The molecule has 196 valence electrons. The fourth-order valence-corrected chi connectivity index (χ4v) is 5.32. The lowest BCUT2D eigenvalue weighted by molar-refractivity contribution is 0.324. The highest BCUT2D eigenvalue weighted by molar-refractivity contribution is 7.22. The highest BCUT2D eigenvalue weighted by Gasteiger charge is 2.21. The molecule has 5 rings (SSSR count). The van der Waals surface area contributed by atoms with Gasteiger partial charge in [-0.25, -0.2) is 4.98 Å². The van der Waals surface area contributed by atoms with E-state index >= 15 is 0 Å². The SMILES string of the molecule is COc1cc(-c2nncn2-c2ccc(-c3nc4cc(OC)c(OC)c(OC)c4s3)cc2)cc(OC)c1OC. The van der Waals surface area contributed by atoms with Crippen LogP contribution < -0.4 is 28.4 Å². The summed E-state index contributed by atoms with van der Waals surface area (Å²) >= 11 is 1.52. The summed E-state index contributed by atoms with van der Waals surface area (Å²) in [5.41, 5.74) is 3.37. The molecule has 0 fully saturated rings. The molecule has 0 saturated heterocycles. The molecule has 0 bridgehead atoms. The average Bonchev–Trinajstić information content (AvgIpc) is 3.63. The average molecular weight is 535 g/mol. The molecule has 2 aromatic heterocycles. The predicted octanol–water partition coefficient (Wildman–Crippen LogP) is 5.26. The standard InChI is InChI=1S/C27H26N4O6S/c1-32-19-11-16(12-20(33-2)22(19)35-4)26-30-28-14-31(26)17-9-7-15(8-10-17)27-29-18-13-21(34-3)23(36-5)24(37-6)25(18)38-27/h7-14H,1-6H3. The van der Waals surface area contributed by atoms with Gasteiger partial charge < -0.3 is 28.4 Å². The van der Waals surface area contributed by atoms with Gasteiger partial charge in [-0.2, -0.15) is 0 Å². The summed E-state index contributed by atoms with van der Waals surface area (Å²) in [6.07, 6.45) is 1.66. The quantitative estimate of drug-likeness (QED) is 0.251. The van der Waals surface area contributed by atoms with E-state index in [2.05, 4.69) is 10.2 Å². The van der Waals surface area contributed by atoms with Crippen LogP contribution in [0.5, 0.6) is 34.5 Å². The summed E-state index contributed by atoms with van der Waals surface area (Å²) in [4.78, 5) is 4.82. The van der Waals surface area contributed by atoms with Crippen molar-refractivity contribution in [3.05, 3.63) is 48.8 Å². The largest absolute Gasteiger partial charge is 0.493 e. The van der Waals surface area contributed by atoms with E-state index < -0.39 is 0 Å². The van der Waals surface area contributed by atoms with Crippen molar-refractivity contribution in [2.24, 2.45) is 0 Å². The minimum Gasteiger partial charge on any atom is -0.493 e. The Balaban J connectivity index is 1.53. The first-order chi connectivity index (χ1) is 18.6. The number of hydrogen-bond acceptors (Lipinski definition) is 10. The van der Waals surface area contributed by atoms with Gasteiger partial charge in [0.05, 0.1) is 48.2 Å². The maximum Gasteiger partial charge on any atom is 0.204 e. The molecule has 10 nitrogen and oxygen atoms in total. The van der Waals surface area contributed by atoms with E-state index in [4.69, 9.17) is 33.4 Å². The van der Waals surface area contributed by atoms with Crippen LogP contribution in [-0.4, -0.2) is 62.4 Å². The first-order valence-electron chi connectivity index (χ1n) is 11.5. The van der Waals surface area contributed by atoms with E-state index in [9.17, 15) is 0 Å². The number of methoxy groups -OCH3 is 6. The van der Waals surface area contributed by atoms with Crippen LogP contribution in [0.3, 0.4) is 0 Å². The van der Waals surface area contributed by atoms with Crippen molar-refractivity contribution in [3.63, 3.8) is 0 Å². The molecular formula is C27H26N4O6S. The number of rotatable bonds is 9. The van der Waals surface area contributed by atoms with Crippen molar-refractivity contribution in [3.8, 4) is 62.1 Å². The van der Waals surface area contributed by atoms with Crippen molar-refractivity contribution in [2.75, 3.05) is 42.7 Å². The van der Waals surface area contributed by atoms with Crippen LogP contribution in [0.25, 0.3) is 37.9 Å². The highest BCUT2D eigenvalue weighted by atomic mass is 32.1. The summed E-state index contributed by atoms with van der Waals surface area (Å²) < 4.78 is 35.9. The van der Waals surface area contributed by atoms with Crippen LogP contribution in [-0.2, 0) is 0 Å². The van der Waals surface area contributed by atoms with Crippen LogP contribution in [0, 0.1) is 0 Å². The van der Waals surface area contributed by atoms with Crippen LogP contribution >= 0.6 is 11.3 Å². The van der Waals surface area contributed by atoms with E-state index in [1.54, 1.807) is 49.0 Å². The van der Waals surface area contributed by atoms with Gasteiger partial charge >= 0.3 is 0 Å². The molecule has 38 heavy (non-hydrogen) atoms. The summed E-state index contributed by atoms with van der Waals surface area (Å²) in [5, 5.41) is 9.33. The number of hydrogen-bond donors (Lipinski definition) is 0. The van der Waals surface area contributed by atoms with Crippen LogP contribution in [0.2, 0.25) is 0 Å². The normalized spacial score (nSPS) is 10.9. The topological polar surface area (TPSA) is 99.0 Å². The van der Waals surface area contributed by atoms with Gasteiger partial charge in [0.2, 0.25) is 11.5 Å². The van der Waals surface area contributed by atoms with Crippen molar-refractivity contribution < 1.29 is 28.4 Å². The number of benzene rings is 3. The Morgan fingerprint density at radius 3 is 1.84 bits per heavy atom. The summed E-state index contributed by atoms with van der Waals surface area (Å²) in [7, 11) is 9.51. The van der Waals surface area contributed by atoms with Crippen LogP contribution in [0.1, 0.15) is 0 Å².